The van der Waals surface area contributed by atoms with Gasteiger partial charge in [-0.05, 0) is 30.7 Å². The lowest BCUT2D eigenvalue weighted by Gasteiger charge is -2.13. The first kappa shape index (κ1) is 20.7. The molecule has 0 spiro atoms. The number of ether oxygens (including phenoxy) is 2. The molecule has 1 amide bonds. The van der Waals surface area contributed by atoms with Crippen LogP contribution in [0.25, 0.3) is 0 Å². The Bertz CT molecular complexity index is 911. The number of methoxy groups -OCH3 is 1. The molecular weight excluding hydrogens is 366 g/mol. The van der Waals surface area contributed by atoms with Gasteiger partial charge in [0.1, 0.15) is 0 Å². The number of carbonyl (C=O) groups is 2. The van der Waals surface area contributed by atoms with E-state index in [2.05, 4.69) is 5.32 Å². The van der Waals surface area contributed by atoms with E-state index in [1.165, 1.54) is 19.2 Å². The molecule has 9 heteroatoms. The monoisotopic (exact) mass is 387 g/mol. The van der Waals surface area contributed by atoms with Gasteiger partial charge in [-0.2, -0.15) is 0 Å². The van der Waals surface area contributed by atoms with Crippen LogP contribution in [0.3, 0.4) is 0 Å². The van der Waals surface area contributed by atoms with E-state index in [-0.39, 0.29) is 11.4 Å². The molecule has 0 atom stereocenters. The molecule has 0 bridgehead atoms. The number of benzene rings is 2. The smallest absolute Gasteiger partial charge is 0.338 e. The fourth-order valence-corrected chi connectivity index (χ4v) is 2.43. The Morgan fingerprint density at radius 2 is 1.93 bits per heavy atom. The molecule has 1 N–H and O–H groups in total. The Hall–Kier alpha value is -3.62. The Labute approximate surface area is 162 Å². The molecule has 2 aromatic rings. The second-order valence-electron chi connectivity index (χ2n) is 6.17. The van der Waals surface area contributed by atoms with Gasteiger partial charge in [0.25, 0.3) is 5.91 Å². The molecule has 0 radical (unpaired) electrons. The average molecular weight is 387 g/mol. The van der Waals surface area contributed by atoms with Crippen molar-refractivity contribution in [3.63, 3.8) is 0 Å². The van der Waals surface area contributed by atoms with Crippen LogP contribution in [0.4, 0.5) is 17.1 Å². The molecule has 28 heavy (non-hydrogen) atoms. The van der Waals surface area contributed by atoms with Crippen molar-refractivity contribution < 1.29 is 24.0 Å². The van der Waals surface area contributed by atoms with Crippen LogP contribution in [0.5, 0.6) is 5.75 Å². The zero-order valence-corrected chi connectivity index (χ0v) is 16.0. The van der Waals surface area contributed by atoms with Crippen LogP contribution in [-0.4, -0.2) is 44.6 Å². The van der Waals surface area contributed by atoms with E-state index in [9.17, 15) is 19.7 Å². The van der Waals surface area contributed by atoms with E-state index in [1.54, 1.807) is 25.1 Å². The van der Waals surface area contributed by atoms with Crippen LogP contribution in [0, 0.1) is 17.0 Å². The number of aryl methyl sites for hydroxylation is 1. The zero-order chi connectivity index (χ0) is 20.8. The number of amides is 1. The fraction of sp³-hybridized carbons (Fsp3) is 0.263. The number of nitro groups is 1. The van der Waals surface area contributed by atoms with E-state index in [0.717, 1.165) is 5.69 Å². The summed E-state index contributed by atoms with van der Waals surface area (Å²) >= 11 is 0. The van der Waals surface area contributed by atoms with Crippen LogP contribution in [-0.2, 0) is 9.53 Å². The van der Waals surface area contributed by atoms with Crippen molar-refractivity contribution in [3.05, 3.63) is 57.6 Å². The third-order valence-electron chi connectivity index (χ3n) is 3.93. The van der Waals surface area contributed by atoms with Gasteiger partial charge in [-0.1, -0.05) is 6.07 Å². The standard InChI is InChI=1S/C19H21N3O6/c1-12-8-16(22(25)26)17(27-4)10-15(12)20-18(23)11-28-19(24)13-6-5-7-14(9-13)21(2)3/h5-10H,11H2,1-4H3,(H,20,23). The zero-order valence-electron chi connectivity index (χ0n) is 16.0. The third-order valence-corrected chi connectivity index (χ3v) is 3.93. The maximum atomic E-state index is 12.1. The van der Waals surface area contributed by atoms with Crippen LogP contribution < -0.4 is 15.0 Å². The molecular formula is C19H21N3O6. The maximum Gasteiger partial charge on any atom is 0.338 e. The van der Waals surface area contributed by atoms with E-state index in [1.807, 2.05) is 25.1 Å². The predicted molar refractivity (Wildman–Crippen MR) is 104 cm³/mol. The van der Waals surface area contributed by atoms with Crippen molar-refractivity contribution in [3.8, 4) is 5.75 Å². The molecule has 9 nitrogen and oxygen atoms in total. The lowest BCUT2D eigenvalue weighted by molar-refractivity contribution is -0.385. The number of hydrogen-bond donors (Lipinski definition) is 1. The highest BCUT2D eigenvalue weighted by Gasteiger charge is 2.19. The first-order valence-corrected chi connectivity index (χ1v) is 8.30. The summed E-state index contributed by atoms with van der Waals surface area (Å²) in [4.78, 5) is 36.6. The highest BCUT2D eigenvalue weighted by Crippen LogP contribution is 2.32. The van der Waals surface area contributed by atoms with E-state index in [4.69, 9.17) is 9.47 Å². The van der Waals surface area contributed by atoms with E-state index < -0.39 is 23.4 Å². The van der Waals surface area contributed by atoms with Crippen LogP contribution in [0.1, 0.15) is 15.9 Å². The predicted octanol–water partition coefficient (Wildman–Crippen LogP) is 2.77. The molecule has 2 aromatic carbocycles. The van der Waals surface area contributed by atoms with Crippen molar-refractivity contribution >= 4 is 28.9 Å². The maximum absolute atomic E-state index is 12.1. The minimum absolute atomic E-state index is 0.0170. The Kier molecular flexibility index (Phi) is 6.54. The van der Waals surface area contributed by atoms with E-state index >= 15 is 0 Å². The Balaban J connectivity index is 2.04. The number of nitro benzene ring substituents is 1. The summed E-state index contributed by atoms with van der Waals surface area (Å²) in [7, 11) is 4.99. The molecule has 0 aliphatic rings. The van der Waals surface area contributed by atoms with Crippen LogP contribution in [0.2, 0.25) is 0 Å². The number of nitrogens with zero attached hydrogens (tertiary/aromatic N) is 2. The van der Waals surface area contributed by atoms with Gasteiger partial charge >= 0.3 is 11.7 Å². The summed E-state index contributed by atoms with van der Waals surface area (Å²) in [5, 5.41) is 13.6. The lowest BCUT2D eigenvalue weighted by atomic mass is 10.1. The minimum atomic E-state index is -0.628. The lowest BCUT2D eigenvalue weighted by Crippen LogP contribution is -2.21. The van der Waals surface area contributed by atoms with Gasteiger partial charge in [0, 0.05) is 37.6 Å². The van der Waals surface area contributed by atoms with Crippen LogP contribution >= 0.6 is 0 Å². The highest BCUT2D eigenvalue weighted by atomic mass is 16.6. The van der Waals surface area contributed by atoms with Gasteiger partial charge in [0.05, 0.1) is 17.6 Å². The summed E-state index contributed by atoms with van der Waals surface area (Å²) in [6.45, 7) is 1.12. The van der Waals surface area contributed by atoms with Crippen molar-refractivity contribution in [2.24, 2.45) is 0 Å². The van der Waals surface area contributed by atoms with Crippen molar-refractivity contribution in [1.82, 2.24) is 0 Å². The van der Waals surface area contributed by atoms with Gasteiger partial charge < -0.3 is 19.7 Å². The summed E-state index contributed by atoms with van der Waals surface area (Å²) in [6.07, 6.45) is 0. The molecule has 2 rings (SSSR count). The molecule has 0 aromatic heterocycles. The molecule has 0 unspecified atom stereocenters. The fourth-order valence-electron chi connectivity index (χ4n) is 2.43. The molecule has 0 aliphatic carbocycles. The first-order chi connectivity index (χ1) is 13.2. The molecule has 0 saturated heterocycles. The number of rotatable bonds is 7. The first-order valence-electron chi connectivity index (χ1n) is 8.30. The number of hydrogen-bond acceptors (Lipinski definition) is 7. The molecule has 0 heterocycles. The summed E-state index contributed by atoms with van der Waals surface area (Å²) in [5.41, 5.74) is 1.76. The van der Waals surface area contributed by atoms with Crippen molar-refractivity contribution in [2.45, 2.75) is 6.92 Å². The highest BCUT2D eigenvalue weighted by molar-refractivity contribution is 5.96. The van der Waals surface area contributed by atoms with Gasteiger partial charge in [0.15, 0.2) is 12.4 Å². The number of esters is 1. The summed E-state index contributed by atoms with van der Waals surface area (Å²) < 4.78 is 10.0. The largest absolute Gasteiger partial charge is 0.490 e. The topological polar surface area (TPSA) is 111 Å². The van der Waals surface area contributed by atoms with Gasteiger partial charge in [0.2, 0.25) is 0 Å². The minimum Gasteiger partial charge on any atom is -0.490 e. The van der Waals surface area contributed by atoms with Crippen molar-refractivity contribution in [1.29, 1.82) is 0 Å². The number of nitrogens with one attached hydrogen (secondary N) is 1. The second-order valence-corrected chi connectivity index (χ2v) is 6.17. The normalized spacial score (nSPS) is 10.1. The van der Waals surface area contributed by atoms with Crippen molar-refractivity contribution in [2.75, 3.05) is 38.0 Å². The average Bonchev–Trinajstić information content (AvgIpc) is 2.67. The molecule has 0 aliphatic heterocycles. The quantitative estimate of drug-likeness (QED) is 0.442. The van der Waals surface area contributed by atoms with E-state index in [0.29, 0.717) is 16.8 Å². The summed E-state index contributed by atoms with van der Waals surface area (Å²) in [6, 6.07) is 9.47. The Morgan fingerprint density at radius 1 is 1.21 bits per heavy atom. The molecule has 0 fully saturated rings. The molecule has 148 valence electrons. The Morgan fingerprint density at radius 3 is 2.54 bits per heavy atom. The van der Waals surface area contributed by atoms with Gasteiger partial charge in [-0.3, -0.25) is 14.9 Å². The van der Waals surface area contributed by atoms with Gasteiger partial charge in [-0.25, -0.2) is 4.79 Å². The summed E-state index contributed by atoms with van der Waals surface area (Å²) in [5.74, 6) is -1.18. The SMILES string of the molecule is COc1cc(NC(=O)COC(=O)c2cccc(N(C)C)c2)c(C)cc1[N+](=O)[O-]. The number of anilines is 2. The van der Waals surface area contributed by atoms with Crippen LogP contribution in [0.15, 0.2) is 36.4 Å². The number of carbonyl (C=O) groups excluding carboxylic acids is 2. The van der Waals surface area contributed by atoms with Gasteiger partial charge in [-0.15, -0.1) is 0 Å². The third kappa shape index (κ3) is 4.97. The molecule has 0 saturated carbocycles. The second kappa shape index (κ2) is 8.85.